The summed E-state index contributed by atoms with van der Waals surface area (Å²) in [6, 6.07) is 6.32. The molecule has 1 aromatic carbocycles. The number of hydrogen-bond acceptors (Lipinski definition) is 4. The van der Waals surface area contributed by atoms with Gasteiger partial charge in [0.15, 0.2) is 5.13 Å². The van der Waals surface area contributed by atoms with E-state index in [0.29, 0.717) is 0 Å². The highest BCUT2D eigenvalue weighted by atomic mass is 32.1. The first-order valence-corrected chi connectivity index (χ1v) is 7.71. The predicted octanol–water partition coefficient (Wildman–Crippen LogP) is 4.44. The number of ether oxygens (including phenoxy) is 1. The summed E-state index contributed by atoms with van der Waals surface area (Å²) >= 11 is 1.64. The predicted molar refractivity (Wildman–Crippen MR) is 79.1 cm³/mol. The Morgan fingerprint density at radius 2 is 2.20 bits per heavy atom. The molecule has 0 fully saturated rings. The van der Waals surface area contributed by atoms with Crippen LogP contribution in [0.15, 0.2) is 24.3 Å². The maximum absolute atomic E-state index is 12.9. The van der Waals surface area contributed by atoms with Gasteiger partial charge in [0, 0.05) is 12.3 Å². The van der Waals surface area contributed by atoms with Crippen molar-refractivity contribution < 1.29 is 9.13 Å². The van der Waals surface area contributed by atoms with Crippen LogP contribution in [0.4, 0.5) is 15.2 Å². The number of rotatable bonds is 4. The zero-order valence-electron chi connectivity index (χ0n) is 11.4. The highest BCUT2D eigenvalue weighted by molar-refractivity contribution is 7.15. The van der Waals surface area contributed by atoms with Gasteiger partial charge in [-0.1, -0.05) is 11.3 Å². The first kappa shape index (κ1) is 13.5. The normalized spacial score (nSPS) is 17.8. The van der Waals surface area contributed by atoms with E-state index >= 15 is 0 Å². The highest BCUT2D eigenvalue weighted by Crippen LogP contribution is 2.39. The number of aryl methyl sites for hydroxylation is 1. The van der Waals surface area contributed by atoms with E-state index in [1.165, 1.54) is 17.0 Å². The number of hydrogen-bond donors (Lipinski definition) is 1. The third-order valence-corrected chi connectivity index (χ3v) is 4.47. The van der Waals surface area contributed by atoms with Gasteiger partial charge in [-0.05, 0) is 50.5 Å². The Balaban J connectivity index is 1.80. The zero-order valence-corrected chi connectivity index (χ0v) is 12.2. The van der Waals surface area contributed by atoms with E-state index in [0.717, 1.165) is 42.4 Å². The maximum Gasteiger partial charge on any atom is 0.187 e. The summed E-state index contributed by atoms with van der Waals surface area (Å²) in [4.78, 5) is 5.87. The van der Waals surface area contributed by atoms with Crippen LogP contribution in [0.1, 0.15) is 36.4 Å². The van der Waals surface area contributed by atoms with Crippen molar-refractivity contribution in [2.24, 2.45) is 0 Å². The molecule has 1 aliphatic rings. The molecule has 106 valence electrons. The summed E-state index contributed by atoms with van der Waals surface area (Å²) in [6.45, 7) is 2.75. The van der Waals surface area contributed by atoms with Crippen LogP contribution in [-0.2, 0) is 11.2 Å². The van der Waals surface area contributed by atoms with E-state index in [1.54, 1.807) is 23.5 Å². The van der Waals surface area contributed by atoms with Gasteiger partial charge in [-0.25, -0.2) is 9.37 Å². The third-order valence-electron chi connectivity index (χ3n) is 3.36. The number of thiazole rings is 1. The molecule has 0 bridgehead atoms. The molecule has 0 aliphatic heterocycles. The lowest BCUT2D eigenvalue weighted by Crippen LogP contribution is -2.10. The Morgan fingerprint density at radius 3 is 2.95 bits per heavy atom. The molecule has 1 aromatic heterocycles. The van der Waals surface area contributed by atoms with Crippen molar-refractivity contribution in [3.63, 3.8) is 0 Å². The largest absolute Gasteiger partial charge is 0.373 e. The van der Waals surface area contributed by atoms with Gasteiger partial charge in [0.05, 0.1) is 16.7 Å². The molecule has 5 heteroatoms. The van der Waals surface area contributed by atoms with Gasteiger partial charge in [-0.15, -0.1) is 0 Å². The van der Waals surface area contributed by atoms with Crippen molar-refractivity contribution >= 4 is 22.2 Å². The Kier molecular flexibility index (Phi) is 3.98. The highest BCUT2D eigenvalue weighted by Gasteiger charge is 2.24. The number of nitrogens with one attached hydrogen (secondary N) is 1. The van der Waals surface area contributed by atoms with Crippen LogP contribution in [0.2, 0.25) is 0 Å². The molecule has 3 rings (SSSR count). The standard InChI is InChI=1S/C15H17FN2OS/c1-2-19-13-5-3-4-12-14(13)20-15(18-12)17-11-8-6-10(16)7-9-11/h6-9,13H,2-5H2,1H3,(H,17,18). The molecular weight excluding hydrogens is 275 g/mol. The van der Waals surface area contributed by atoms with E-state index in [4.69, 9.17) is 4.74 Å². The summed E-state index contributed by atoms with van der Waals surface area (Å²) in [5.41, 5.74) is 2.00. The number of benzene rings is 1. The fourth-order valence-corrected chi connectivity index (χ4v) is 3.57. The molecule has 0 saturated heterocycles. The Morgan fingerprint density at radius 1 is 1.40 bits per heavy atom. The summed E-state index contributed by atoms with van der Waals surface area (Å²) in [7, 11) is 0. The quantitative estimate of drug-likeness (QED) is 0.904. The second-order valence-corrected chi connectivity index (χ2v) is 5.83. The van der Waals surface area contributed by atoms with Crippen LogP contribution < -0.4 is 5.32 Å². The first-order valence-electron chi connectivity index (χ1n) is 6.90. The fraction of sp³-hybridized carbons (Fsp3) is 0.400. The minimum absolute atomic E-state index is 0.185. The molecule has 0 spiro atoms. The molecule has 1 N–H and O–H groups in total. The maximum atomic E-state index is 12.9. The van der Waals surface area contributed by atoms with Gasteiger partial charge in [-0.2, -0.15) is 0 Å². The van der Waals surface area contributed by atoms with Gasteiger partial charge in [-0.3, -0.25) is 0 Å². The second-order valence-electron chi connectivity index (χ2n) is 4.80. The fourth-order valence-electron chi connectivity index (χ4n) is 2.45. The lowest BCUT2D eigenvalue weighted by molar-refractivity contribution is 0.0524. The number of aromatic nitrogens is 1. The molecular formula is C15H17FN2OS. The van der Waals surface area contributed by atoms with E-state index in [2.05, 4.69) is 10.3 Å². The molecule has 0 amide bonds. The van der Waals surface area contributed by atoms with Crippen LogP contribution in [0.5, 0.6) is 0 Å². The van der Waals surface area contributed by atoms with Crippen LogP contribution in [0.3, 0.4) is 0 Å². The van der Waals surface area contributed by atoms with Crippen molar-refractivity contribution in [3.8, 4) is 0 Å². The molecule has 1 atom stereocenters. The van der Waals surface area contributed by atoms with Gasteiger partial charge >= 0.3 is 0 Å². The molecule has 1 aliphatic carbocycles. The SMILES string of the molecule is CCOC1CCCc2nc(Nc3ccc(F)cc3)sc21. The van der Waals surface area contributed by atoms with Gasteiger partial charge < -0.3 is 10.1 Å². The number of nitrogens with zero attached hydrogens (tertiary/aromatic N) is 1. The molecule has 0 saturated carbocycles. The summed E-state index contributed by atoms with van der Waals surface area (Å²) < 4.78 is 18.7. The van der Waals surface area contributed by atoms with Gasteiger partial charge in [0.1, 0.15) is 5.82 Å². The first-order chi connectivity index (χ1) is 9.76. The molecule has 2 aromatic rings. The zero-order chi connectivity index (χ0) is 13.9. The van der Waals surface area contributed by atoms with E-state index < -0.39 is 0 Å². The summed E-state index contributed by atoms with van der Waals surface area (Å²) in [5.74, 6) is -0.231. The molecule has 3 nitrogen and oxygen atoms in total. The molecule has 1 unspecified atom stereocenters. The van der Waals surface area contributed by atoms with Crippen molar-refractivity contribution in [2.75, 3.05) is 11.9 Å². The number of fused-ring (bicyclic) bond motifs is 1. The van der Waals surface area contributed by atoms with Gasteiger partial charge in [0.2, 0.25) is 0 Å². The lowest BCUT2D eigenvalue weighted by atomic mass is 10.0. The monoisotopic (exact) mass is 292 g/mol. The molecule has 0 radical (unpaired) electrons. The Bertz CT molecular complexity index is 582. The number of halogens is 1. The summed E-state index contributed by atoms with van der Waals surface area (Å²) in [6.07, 6.45) is 3.39. The van der Waals surface area contributed by atoms with Crippen LogP contribution in [0, 0.1) is 5.82 Å². The minimum atomic E-state index is -0.231. The Labute approximate surface area is 121 Å². The lowest BCUT2D eigenvalue weighted by Gasteiger charge is -2.20. The average Bonchev–Trinajstić information content (AvgIpc) is 2.85. The third kappa shape index (κ3) is 2.83. The summed E-state index contributed by atoms with van der Waals surface area (Å²) in [5, 5.41) is 4.09. The minimum Gasteiger partial charge on any atom is -0.373 e. The van der Waals surface area contributed by atoms with Crippen molar-refractivity contribution in [1.82, 2.24) is 4.98 Å². The van der Waals surface area contributed by atoms with Crippen molar-refractivity contribution in [1.29, 1.82) is 0 Å². The second kappa shape index (κ2) is 5.89. The van der Waals surface area contributed by atoms with E-state index in [9.17, 15) is 4.39 Å². The Hall–Kier alpha value is -1.46. The van der Waals surface area contributed by atoms with E-state index in [-0.39, 0.29) is 11.9 Å². The van der Waals surface area contributed by atoms with Crippen molar-refractivity contribution in [3.05, 3.63) is 40.7 Å². The smallest absolute Gasteiger partial charge is 0.187 e. The molecule has 20 heavy (non-hydrogen) atoms. The average molecular weight is 292 g/mol. The van der Waals surface area contributed by atoms with Crippen LogP contribution in [-0.4, -0.2) is 11.6 Å². The molecule has 1 heterocycles. The topological polar surface area (TPSA) is 34.1 Å². The number of anilines is 2. The van der Waals surface area contributed by atoms with Crippen LogP contribution >= 0.6 is 11.3 Å². The van der Waals surface area contributed by atoms with Crippen molar-refractivity contribution in [2.45, 2.75) is 32.3 Å². The van der Waals surface area contributed by atoms with E-state index in [1.807, 2.05) is 6.92 Å². The van der Waals surface area contributed by atoms with Crippen LogP contribution in [0.25, 0.3) is 0 Å². The van der Waals surface area contributed by atoms with Gasteiger partial charge in [0.25, 0.3) is 0 Å².